The summed E-state index contributed by atoms with van der Waals surface area (Å²) >= 11 is 8.35. The third-order valence-electron chi connectivity index (χ3n) is 3.43. The standard InChI is InChI=1S/C13H17ClIN/c14-11-8-10(5-6-12(11)15)13(16)7-9-3-1-2-4-9/h5-6,8-9,13H,1-4,7,16H2. The molecular weight excluding hydrogens is 333 g/mol. The molecule has 0 saturated heterocycles. The van der Waals surface area contributed by atoms with Crippen molar-refractivity contribution in [1.29, 1.82) is 0 Å². The Balaban J connectivity index is 2.02. The summed E-state index contributed by atoms with van der Waals surface area (Å²) in [5, 5.41) is 0.819. The monoisotopic (exact) mass is 349 g/mol. The molecule has 1 fully saturated rings. The fourth-order valence-electron chi connectivity index (χ4n) is 2.48. The Labute approximate surface area is 116 Å². The Hall–Kier alpha value is 0.200. The van der Waals surface area contributed by atoms with Gasteiger partial charge in [0.1, 0.15) is 0 Å². The van der Waals surface area contributed by atoms with Crippen molar-refractivity contribution in [3.8, 4) is 0 Å². The molecule has 1 unspecified atom stereocenters. The van der Waals surface area contributed by atoms with Crippen molar-refractivity contribution >= 4 is 34.2 Å². The van der Waals surface area contributed by atoms with Crippen LogP contribution in [0.4, 0.5) is 0 Å². The first-order chi connectivity index (χ1) is 7.66. The lowest BCUT2D eigenvalue weighted by Crippen LogP contribution is -2.14. The first kappa shape index (κ1) is 12.7. The quantitative estimate of drug-likeness (QED) is 0.798. The molecular formula is C13H17ClIN. The number of benzene rings is 1. The Kier molecular flexibility index (Phi) is 4.50. The zero-order valence-electron chi connectivity index (χ0n) is 9.26. The molecule has 1 atom stereocenters. The highest BCUT2D eigenvalue weighted by Crippen LogP contribution is 2.33. The average Bonchev–Trinajstić information content (AvgIpc) is 2.74. The SMILES string of the molecule is NC(CC1CCCC1)c1ccc(I)c(Cl)c1. The van der Waals surface area contributed by atoms with Gasteiger partial charge in [0.25, 0.3) is 0 Å². The van der Waals surface area contributed by atoms with Crippen molar-refractivity contribution in [3.05, 3.63) is 32.4 Å². The van der Waals surface area contributed by atoms with Gasteiger partial charge in [-0.15, -0.1) is 0 Å². The molecule has 1 aliphatic rings. The molecule has 2 rings (SSSR count). The van der Waals surface area contributed by atoms with E-state index in [1.807, 2.05) is 12.1 Å². The zero-order valence-corrected chi connectivity index (χ0v) is 12.2. The first-order valence-corrected chi connectivity index (χ1v) is 7.33. The van der Waals surface area contributed by atoms with Crippen LogP contribution in [0.3, 0.4) is 0 Å². The van der Waals surface area contributed by atoms with Gasteiger partial charge in [-0.2, -0.15) is 0 Å². The second-order valence-electron chi connectivity index (χ2n) is 4.67. The lowest BCUT2D eigenvalue weighted by atomic mass is 9.94. The van der Waals surface area contributed by atoms with Gasteiger partial charge in [-0.25, -0.2) is 0 Å². The largest absolute Gasteiger partial charge is 0.324 e. The van der Waals surface area contributed by atoms with Crippen LogP contribution in [-0.2, 0) is 0 Å². The van der Waals surface area contributed by atoms with Crippen LogP contribution in [-0.4, -0.2) is 0 Å². The molecule has 0 radical (unpaired) electrons. The van der Waals surface area contributed by atoms with Crippen LogP contribution < -0.4 is 5.73 Å². The maximum atomic E-state index is 6.23. The van der Waals surface area contributed by atoms with Crippen LogP contribution in [0, 0.1) is 9.49 Å². The highest BCUT2D eigenvalue weighted by molar-refractivity contribution is 14.1. The van der Waals surface area contributed by atoms with E-state index in [0.717, 1.165) is 20.9 Å². The normalized spacial score (nSPS) is 18.9. The van der Waals surface area contributed by atoms with Gasteiger partial charge in [-0.05, 0) is 52.6 Å². The maximum absolute atomic E-state index is 6.23. The Morgan fingerprint density at radius 1 is 1.38 bits per heavy atom. The Morgan fingerprint density at radius 3 is 2.69 bits per heavy atom. The smallest absolute Gasteiger partial charge is 0.0542 e. The summed E-state index contributed by atoms with van der Waals surface area (Å²) in [4.78, 5) is 0. The van der Waals surface area contributed by atoms with E-state index in [-0.39, 0.29) is 6.04 Å². The second kappa shape index (κ2) is 5.69. The molecule has 1 saturated carbocycles. The van der Waals surface area contributed by atoms with Crippen LogP contribution >= 0.6 is 34.2 Å². The number of hydrogen-bond donors (Lipinski definition) is 1. The number of nitrogens with two attached hydrogens (primary N) is 1. The van der Waals surface area contributed by atoms with E-state index in [2.05, 4.69) is 28.7 Å². The van der Waals surface area contributed by atoms with Gasteiger partial charge in [0.15, 0.2) is 0 Å². The third-order valence-corrected chi connectivity index (χ3v) is 5.01. The predicted octanol–water partition coefficient (Wildman–Crippen LogP) is 4.52. The lowest BCUT2D eigenvalue weighted by Gasteiger charge is -2.17. The molecule has 0 amide bonds. The van der Waals surface area contributed by atoms with Crippen molar-refractivity contribution < 1.29 is 0 Å². The minimum Gasteiger partial charge on any atom is -0.324 e. The van der Waals surface area contributed by atoms with Gasteiger partial charge >= 0.3 is 0 Å². The summed E-state index contributed by atoms with van der Waals surface area (Å²) in [5.41, 5.74) is 7.41. The summed E-state index contributed by atoms with van der Waals surface area (Å²) in [6, 6.07) is 6.32. The number of rotatable bonds is 3. The predicted molar refractivity (Wildman–Crippen MR) is 77.7 cm³/mol. The Morgan fingerprint density at radius 2 is 2.06 bits per heavy atom. The van der Waals surface area contributed by atoms with Crippen LogP contribution in [0.1, 0.15) is 43.7 Å². The molecule has 0 aromatic heterocycles. The topological polar surface area (TPSA) is 26.0 Å². The first-order valence-electron chi connectivity index (χ1n) is 5.87. The lowest BCUT2D eigenvalue weighted by molar-refractivity contribution is 0.451. The van der Waals surface area contributed by atoms with Crippen molar-refractivity contribution in [2.75, 3.05) is 0 Å². The molecule has 16 heavy (non-hydrogen) atoms. The number of hydrogen-bond acceptors (Lipinski definition) is 1. The molecule has 2 N–H and O–H groups in total. The summed E-state index contributed by atoms with van der Waals surface area (Å²) in [7, 11) is 0. The fraction of sp³-hybridized carbons (Fsp3) is 0.538. The van der Waals surface area contributed by atoms with Gasteiger partial charge in [0, 0.05) is 9.61 Å². The minimum atomic E-state index is 0.151. The van der Waals surface area contributed by atoms with Crippen LogP contribution in [0.2, 0.25) is 5.02 Å². The molecule has 1 aliphatic carbocycles. The van der Waals surface area contributed by atoms with Crippen molar-refractivity contribution in [3.63, 3.8) is 0 Å². The molecule has 1 aromatic carbocycles. The number of halogens is 2. The molecule has 0 bridgehead atoms. The van der Waals surface area contributed by atoms with E-state index in [1.54, 1.807) is 0 Å². The van der Waals surface area contributed by atoms with E-state index in [9.17, 15) is 0 Å². The summed E-state index contributed by atoms with van der Waals surface area (Å²) < 4.78 is 1.09. The van der Waals surface area contributed by atoms with Crippen molar-refractivity contribution in [1.82, 2.24) is 0 Å². The average molecular weight is 350 g/mol. The van der Waals surface area contributed by atoms with E-state index in [1.165, 1.54) is 31.2 Å². The highest BCUT2D eigenvalue weighted by atomic mass is 127. The van der Waals surface area contributed by atoms with E-state index in [4.69, 9.17) is 17.3 Å². The molecule has 0 aliphatic heterocycles. The molecule has 0 heterocycles. The van der Waals surface area contributed by atoms with Crippen molar-refractivity contribution in [2.24, 2.45) is 11.7 Å². The summed E-state index contributed by atoms with van der Waals surface area (Å²) in [6.45, 7) is 0. The van der Waals surface area contributed by atoms with Gasteiger partial charge in [0.2, 0.25) is 0 Å². The maximum Gasteiger partial charge on any atom is 0.0542 e. The molecule has 0 spiro atoms. The molecule has 1 aromatic rings. The minimum absolute atomic E-state index is 0.151. The highest BCUT2D eigenvalue weighted by Gasteiger charge is 2.19. The van der Waals surface area contributed by atoms with Gasteiger partial charge in [-0.1, -0.05) is 43.4 Å². The second-order valence-corrected chi connectivity index (χ2v) is 6.24. The van der Waals surface area contributed by atoms with Crippen LogP contribution in [0.15, 0.2) is 18.2 Å². The Bertz CT molecular complexity index is 361. The van der Waals surface area contributed by atoms with Gasteiger partial charge < -0.3 is 5.73 Å². The van der Waals surface area contributed by atoms with Crippen LogP contribution in [0.5, 0.6) is 0 Å². The molecule has 3 heteroatoms. The molecule has 88 valence electrons. The van der Waals surface area contributed by atoms with Crippen molar-refractivity contribution in [2.45, 2.75) is 38.1 Å². The van der Waals surface area contributed by atoms with Crippen LogP contribution in [0.25, 0.3) is 0 Å². The van der Waals surface area contributed by atoms with E-state index in [0.29, 0.717) is 0 Å². The van der Waals surface area contributed by atoms with Gasteiger partial charge in [-0.3, -0.25) is 0 Å². The molecule has 1 nitrogen and oxygen atoms in total. The summed E-state index contributed by atoms with van der Waals surface area (Å²) in [6.07, 6.45) is 6.57. The van der Waals surface area contributed by atoms with E-state index >= 15 is 0 Å². The summed E-state index contributed by atoms with van der Waals surface area (Å²) in [5.74, 6) is 0.827. The third kappa shape index (κ3) is 3.11. The zero-order chi connectivity index (χ0) is 11.5. The van der Waals surface area contributed by atoms with E-state index < -0.39 is 0 Å². The fourth-order valence-corrected chi connectivity index (χ4v) is 3.01. The van der Waals surface area contributed by atoms with Gasteiger partial charge in [0.05, 0.1) is 5.02 Å².